The van der Waals surface area contributed by atoms with Gasteiger partial charge in [-0.2, -0.15) is 0 Å². The highest BCUT2D eigenvalue weighted by Crippen LogP contribution is 2.09. The van der Waals surface area contributed by atoms with Crippen LogP contribution in [0.15, 0.2) is 24.5 Å². The molecule has 22 heavy (non-hydrogen) atoms. The third kappa shape index (κ3) is 7.22. The van der Waals surface area contributed by atoms with E-state index in [9.17, 15) is 19.2 Å². The van der Waals surface area contributed by atoms with E-state index in [2.05, 4.69) is 0 Å². The van der Waals surface area contributed by atoms with Crippen LogP contribution in [0.1, 0.15) is 12.8 Å². The van der Waals surface area contributed by atoms with Crippen LogP contribution in [0.3, 0.4) is 0 Å². The fourth-order valence-corrected chi connectivity index (χ4v) is 1.71. The summed E-state index contributed by atoms with van der Waals surface area (Å²) in [4.78, 5) is 46.8. The van der Waals surface area contributed by atoms with Gasteiger partial charge in [0.2, 0.25) is 11.8 Å². The topological polar surface area (TPSA) is 115 Å². The maximum absolute atomic E-state index is 11.7. The first kappa shape index (κ1) is 19.4. The lowest BCUT2D eigenvalue weighted by Crippen LogP contribution is -2.45. The second kappa shape index (κ2) is 10.1. The second-order valence-electron chi connectivity index (χ2n) is 4.57. The number of aldehydes is 1. The van der Waals surface area contributed by atoms with Gasteiger partial charge in [0.1, 0.15) is 6.29 Å². The van der Waals surface area contributed by atoms with Crippen LogP contribution < -0.4 is 0 Å². The minimum atomic E-state index is -1.02. The predicted octanol–water partition coefficient (Wildman–Crippen LogP) is -0.0366. The van der Waals surface area contributed by atoms with Crippen molar-refractivity contribution >= 4 is 24.1 Å². The highest BCUT2D eigenvalue weighted by atomic mass is 16.4. The van der Waals surface area contributed by atoms with E-state index in [4.69, 9.17) is 10.2 Å². The molecular weight excluding hydrogens is 292 g/mol. The van der Waals surface area contributed by atoms with Crippen molar-refractivity contribution in [3.05, 3.63) is 24.5 Å². The van der Waals surface area contributed by atoms with Crippen molar-refractivity contribution in [3.63, 3.8) is 0 Å². The zero-order valence-corrected chi connectivity index (χ0v) is 12.5. The molecule has 0 saturated carbocycles. The summed E-state index contributed by atoms with van der Waals surface area (Å²) in [5.41, 5.74) is 0. The molecule has 0 rings (SSSR count). The van der Waals surface area contributed by atoms with Gasteiger partial charge in [0.05, 0.1) is 6.26 Å². The molecule has 0 aromatic heterocycles. The Bertz CT molecular complexity index is 472. The number of aliphatic hydroxyl groups excluding tert-OH is 1. The van der Waals surface area contributed by atoms with E-state index < -0.39 is 23.8 Å². The molecular formula is C14H20N2O6. The van der Waals surface area contributed by atoms with Gasteiger partial charge in [0.15, 0.2) is 0 Å². The average molecular weight is 312 g/mol. The molecule has 0 radical (unpaired) electrons. The number of carbonyl (C=O) groups excluding carboxylic acids is 3. The fraction of sp³-hybridized carbons (Fsp3) is 0.429. The van der Waals surface area contributed by atoms with Crippen molar-refractivity contribution in [1.29, 1.82) is 0 Å². The SMILES string of the molecule is CN(CC(CCC(=O)O)N(C)C(=O)/C=C\O)C(=O)/C=C\C=O. The molecule has 0 aliphatic carbocycles. The maximum Gasteiger partial charge on any atom is 0.303 e. The van der Waals surface area contributed by atoms with Crippen LogP contribution in [0, 0.1) is 0 Å². The van der Waals surface area contributed by atoms with Crippen LogP contribution in [-0.2, 0) is 19.2 Å². The van der Waals surface area contributed by atoms with E-state index in [1.54, 1.807) is 0 Å². The first-order valence-corrected chi connectivity index (χ1v) is 6.49. The van der Waals surface area contributed by atoms with E-state index in [-0.39, 0.29) is 19.4 Å². The summed E-state index contributed by atoms with van der Waals surface area (Å²) < 4.78 is 0. The Balaban J connectivity index is 4.95. The number of rotatable bonds is 9. The molecule has 2 amide bonds. The number of hydrogen-bond acceptors (Lipinski definition) is 5. The number of hydrogen-bond donors (Lipinski definition) is 2. The Morgan fingerprint density at radius 1 is 1.14 bits per heavy atom. The quantitative estimate of drug-likeness (QED) is 0.351. The van der Waals surface area contributed by atoms with E-state index in [0.29, 0.717) is 12.5 Å². The molecule has 0 aromatic rings. The first-order chi connectivity index (χ1) is 10.3. The minimum absolute atomic E-state index is 0.0941. The van der Waals surface area contributed by atoms with E-state index in [0.717, 1.165) is 18.2 Å². The zero-order valence-electron chi connectivity index (χ0n) is 12.5. The molecule has 0 aliphatic heterocycles. The summed E-state index contributed by atoms with van der Waals surface area (Å²) in [5.74, 6) is -1.97. The number of likely N-dealkylation sites (N-methyl/N-ethyl adjacent to an activating group) is 2. The number of nitrogens with zero attached hydrogens (tertiary/aromatic N) is 2. The molecule has 1 unspecified atom stereocenters. The predicted molar refractivity (Wildman–Crippen MR) is 78.0 cm³/mol. The van der Waals surface area contributed by atoms with Crippen molar-refractivity contribution in [1.82, 2.24) is 9.80 Å². The van der Waals surface area contributed by atoms with Crippen LogP contribution in [-0.4, -0.2) is 70.8 Å². The van der Waals surface area contributed by atoms with Crippen molar-refractivity contribution in [2.45, 2.75) is 18.9 Å². The molecule has 0 aromatic carbocycles. The van der Waals surface area contributed by atoms with Gasteiger partial charge in [-0.1, -0.05) is 0 Å². The lowest BCUT2D eigenvalue weighted by molar-refractivity contribution is -0.138. The Labute approximate surface area is 128 Å². The van der Waals surface area contributed by atoms with Crippen LogP contribution in [0.2, 0.25) is 0 Å². The number of aliphatic hydroxyl groups is 1. The molecule has 2 N–H and O–H groups in total. The number of aliphatic carboxylic acids is 1. The molecule has 122 valence electrons. The van der Waals surface area contributed by atoms with Crippen molar-refractivity contribution < 1.29 is 29.4 Å². The van der Waals surface area contributed by atoms with Gasteiger partial charge in [-0.05, 0) is 12.5 Å². The fourth-order valence-electron chi connectivity index (χ4n) is 1.71. The number of carboxylic acids is 1. The van der Waals surface area contributed by atoms with Gasteiger partial charge >= 0.3 is 5.97 Å². The van der Waals surface area contributed by atoms with Gasteiger partial charge in [0, 0.05) is 45.3 Å². The van der Waals surface area contributed by atoms with Gasteiger partial charge in [-0.3, -0.25) is 19.2 Å². The Morgan fingerprint density at radius 2 is 1.77 bits per heavy atom. The first-order valence-electron chi connectivity index (χ1n) is 6.49. The summed E-state index contributed by atoms with van der Waals surface area (Å²) in [6.07, 6.45) is 4.10. The molecule has 0 fully saturated rings. The van der Waals surface area contributed by atoms with Gasteiger partial charge < -0.3 is 20.0 Å². The van der Waals surface area contributed by atoms with Crippen molar-refractivity contribution in [2.24, 2.45) is 0 Å². The summed E-state index contributed by atoms with van der Waals surface area (Å²) in [5, 5.41) is 17.4. The van der Waals surface area contributed by atoms with Crippen molar-refractivity contribution in [3.8, 4) is 0 Å². The van der Waals surface area contributed by atoms with Crippen LogP contribution in [0.25, 0.3) is 0 Å². The van der Waals surface area contributed by atoms with E-state index in [1.807, 2.05) is 0 Å². The van der Waals surface area contributed by atoms with Gasteiger partial charge in [0.25, 0.3) is 0 Å². The molecule has 0 heterocycles. The molecule has 0 spiro atoms. The Kier molecular flexibility index (Phi) is 8.92. The summed E-state index contributed by atoms with van der Waals surface area (Å²) in [7, 11) is 2.93. The van der Waals surface area contributed by atoms with Crippen LogP contribution >= 0.6 is 0 Å². The summed E-state index contributed by atoms with van der Waals surface area (Å²) >= 11 is 0. The molecule has 0 saturated heterocycles. The number of carboxylic acid groups (broad SMARTS) is 1. The molecule has 0 bridgehead atoms. The van der Waals surface area contributed by atoms with Crippen molar-refractivity contribution in [2.75, 3.05) is 20.6 Å². The van der Waals surface area contributed by atoms with Gasteiger partial charge in [-0.15, -0.1) is 0 Å². The average Bonchev–Trinajstić information content (AvgIpc) is 2.47. The van der Waals surface area contributed by atoms with E-state index in [1.165, 1.54) is 23.9 Å². The maximum atomic E-state index is 11.7. The third-order valence-electron chi connectivity index (χ3n) is 2.98. The lowest BCUT2D eigenvalue weighted by Gasteiger charge is -2.30. The minimum Gasteiger partial charge on any atom is -0.515 e. The largest absolute Gasteiger partial charge is 0.515 e. The Morgan fingerprint density at radius 3 is 2.27 bits per heavy atom. The van der Waals surface area contributed by atoms with Crippen LogP contribution in [0.4, 0.5) is 0 Å². The monoisotopic (exact) mass is 312 g/mol. The number of carbonyl (C=O) groups is 4. The second-order valence-corrected chi connectivity index (χ2v) is 4.57. The number of amides is 2. The zero-order chi connectivity index (χ0) is 17.1. The number of allylic oxidation sites excluding steroid dienone is 1. The normalized spacial score (nSPS) is 12.3. The highest BCUT2D eigenvalue weighted by molar-refractivity contribution is 5.91. The van der Waals surface area contributed by atoms with Gasteiger partial charge in [-0.25, -0.2) is 0 Å². The molecule has 8 nitrogen and oxygen atoms in total. The lowest BCUT2D eigenvalue weighted by atomic mass is 10.1. The highest BCUT2D eigenvalue weighted by Gasteiger charge is 2.22. The smallest absolute Gasteiger partial charge is 0.303 e. The van der Waals surface area contributed by atoms with Crippen LogP contribution in [0.5, 0.6) is 0 Å². The Hall–Kier alpha value is -2.64. The third-order valence-corrected chi connectivity index (χ3v) is 2.98. The summed E-state index contributed by atoms with van der Waals surface area (Å²) in [6, 6.07) is -0.543. The summed E-state index contributed by atoms with van der Waals surface area (Å²) in [6.45, 7) is 0.0941. The standard InChI is InChI=1S/C14H20N2O6/c1-15(12(19)4-3-8-17)10-11(5-6-14(21)22)16(2)13(20)7-9-18/h3-4,7-9,11,18H,5-6,10H2,1-2H3,(H,21,22)/b4-3-,9-7-. The van der Waals surface area contributed by atoms with E-state index >= 15 is 0 Å². The molecule has 8 heteroatoms. The molecule has 0 aliphatic rings. The molecule has 1 atom stereocenters.